The highest BCUT2D eigenvalue weighted by atomic mass is 16.5. The van der Waals surface area contributed by atoms with Crippen molar-refractivity contribution in [1.82, 2.24) is 19.7 Å². The molecule has 0 saturated heterocycles. The number of nitrogens with zero attached hydrogens (tertiary/aromatic N) is 4. The predicted octanol–water partition coefficient (Wildman–Crippen LogP) is 1.42. The van der Waals surface area contributed by atoms with Crippen molar-refractivity contribution in [2.45, 2.75) is 0 Å². The van der Waals surface area contributed by atoms with Crippen LogP contribution in [-0.2, 0) is 7.05 Å². The average molecular weight is 257 g/mol. The maximum Gasteiger partial charge on any atom is 0.258 e. The molecule has 3 aromatic rings. The smallest absolute Gasteiger partial charge is 0.258 e. The van der Waals surface area contributed by atoms with Crippen molar-refractivity contribution in [3.63, 3.8) is 0 Å². The van der Waals surface area contributed by atoms with Gasteiger partial charge in [-0.25, -0.2) is 4.98 Å². The monoisotopic (exact) mass is 257 g/mol. The lowest BCUT2D eigenvalue weighted by atomic mass is 10.2. The maximum absolute atomic E-state index is 9.38. The standard InChI is InChI=1S/C12H11N5O2/c1-17-5-4-14-11(17)10-15-12(19-16-10)7-2-3-9(18)8(13)6-7/h2-6,18H,13H2,1H3. The third-order valence-corrected chi connectivity index (χ3v) is 2.72. The number of hydrogen-bond donors (Lipinski definition) is 2. The number of hydrogen-bond acceptors (Lipinski definition) is 6. The number of imidazole rings is 1. The molecule has 3 N–H and O–H groups in total. The summed E-state index contributed by atoms with van der Waals surface area (Å²) in [7, 11) is 1.84. The van der Waals surface area contributed by atoms with Crippen molar-refractivity contribution in [3.8, 4) is 28.9 Å². The lowest BCUT2D eigenvalue weighted by Gasteiger charge is -1.99. The first-order chi connectivity index (χ1) is 9.15. The molecule has 0 aliphatic carbocycles. The first kappa shape index (κ1) is 11.3. The van der Waals surface area contributed by atoms with E-state index >= 15 is 0 Å². The van der Waals surface area contributed by atoms with E-state index in [0.717, 1.165) is 0 Å². The molecular formula is C12H11N5O2. The zero-order valence-electron chi connectivity index (χ0n) is 10.1. The van der Waals surface area contributed by atoms with E-state index in [4.69, 9.17) is 10.3 Å². The van der Waals surface area contributed by atoms with Gasteiger partial charge in [0.1, 0.15) is 5.75 Å². The van der Waals surface area contributed by atoms with Crippen molar-refractivity contribution in [1.29, 1.82) is 0 Å². The summed E-state index contributed by atoms with van der Waals surface area (Å²) in [6.07, 6.45) is 3.45. The molecule has 7 heteroatoms. The Morgan fingerprint density at radius 2 is 2.21 bits per heavy atom. The number of nitrogens with two attached hydrogens (primary N) is 1. The third kappa shape index (κ3) is 1.90. The number of aromatic nitrogens is 4. The lowest BCUT2D eigenvalue weighted by molar-refractivity contribution is 0.431. The van der Waals surface area contributed by atoms with E-state index in [1.165, 1.54) is 6.07 Å². The zero-order valence-corrected chi connectivity index (χ0v) is 10.1. The molecule has 19 heavy (non-hydrogen) atoms. The molecular weight excluding hydrogens is 246 g/mol. The van der Waals surface area contributed by atoms with Crippen molar-refractivity contribution in [3.05, 3.63) is 30.6 Å². The molecule has 0 radical (unpaired) electrons. The summed E-state index contributed by atoms with van der Waals surface area (Å²) in [6, 6.07) is 4.71. The lowest BCUT2D eigenvalue weighted by Crippen LogP contribution is -1.92. The Morgan fingerprint density at radius 1 is 1.37 bits per heavy atom. The number of benzene rings is 1. The Hall–Kier alpha value is -2.83. The largest absolute Gasteiger partial charge is 0.506 e. The fourth-order valence-electron chi connectivity index (χ4n) is 1.70. The minimum absolute atomic E-state index is 0.0209. The summed E-state index contributed by atoms with van der Waals surface area (Å²) in [5, 5.41) is 13.3. The quantitative estimate of drug-likeness (QED) is 0.531. The molecule has 0 unspecified atom stereocenters. The minimum atomic E-state index is 0.0209. The fourth-order valence-corrected chi connectivity index (χ4v) is 1.70. The molecule has 7 nitrogen and oxygen atoms in total. The maximum atomic E-state index is 9.38. The summed E-state index contributed by atoms with van der Waals surface area (Å²) >= 11 is 0. The normalized spacial score (nSPS) is 10.8. The summed E-state index contributed by atoms with van der Waals surface area (Å²) < 4.78 is 6.96. The van der Waals surface area contributed by atoms with Gasteiger partial charge in [0.2, 0.25) is 5.82 Å². The summed E-state index contributed by atoms with van der Waals surface area (Å²) in [5.41, 5.74) is 6.53. The molecule has 2 heterocycles. The molecule has 0 fully saturated rings. The fraction of sp³-hybridized carbons (Fsp3) is 0.0833. The molecule has 1 aromatic carbocycles. The van der Waals surface area contributed by atoms with E-state index in [0.29, 0.717) is 23.1 Å². The Bertz CT molecular complexity index is 731. The van der Waals surface area contributed by atoms with Crippen LogP contribution in [0.4, 0.5) is 5.69 Å². The Balaban J connectivity index is 2.01. The minimum Gasteiger partial charge on any atom is -0.506 e. The number of phenols is 1. The summed E-state index contributed by atoms with van der Waals surface area (Å²) in [5.74, 6) is 1.35. The first-order valence-corrected chi connectivity index (χ1v) is 5.55. The number of rotatable bonds is 2. The molecule has 0 amide bonds. The second-order valence-electron chi connectivity index (χ2n) is 4.06. The first-order valence-electron chi connectivity index (χ1n) is 5.55. The Kier molecular flexibility index (Phi) is 2.45. The number of anilines is 1. The van der Waals surface area contributed by atoms with Crippen LogP contribution < -0.4 is 5.73 Å². The van der Waals surface area contributed by atoms with Crippen LogP contribution in [0.1, 0.15) is 0 Å². The Labute approximate surface area is 108 Å². The van der Waals surface area contributed by atoms with Crippen LogP contribution in [0.5, 0.6) is 5.75 Å². The second-order valence-corrected chi connectivity index (χ2v) is 4.06. The summed E-state index contributed by atoms with van der Waals surface area (Å²) in [6.45, 7) is 0. The van der Waals surface area contributed by atoms with Gasteiger partial charge in [-0.15, -0.1) is 0 Å². The Morgan fingerprint density at radius 3 is 2.89 bits per heavy atom. The van der Waals surface area contributed by atoms with Gasteiger partial charge in [-0.3, -0.25) is 0 Å². The topological polar surface area (TPSA) is 103 Å². The van der Waals surface area contributed by atoms with Gasteiger partial charge in [-0.1, -0.05) is 5.16 Å². The molecule has 0 bridgehead atoms. The van der Waals surface area contributed by atoms with Gasteiger partial charge >= 0.3 is 0 Å². The van der Waals surface area contributed by atoms with Crippen molar-refractivity contribution >= 4 is 5.69 Å². The number of phenolic OH excluding ortho intramolecular Hbond substituents is 1. The van der Waals surface area contributed by atoms with Gasteiger partial charge in [0.05, 0.1) is 5.69 Å². The molecule has 3 rings (SSSR count). The van der Waals surface area contributed by atoms with Crippen LogP contribution >= 0.6 is 0 Å². The zero-order chi connectivity index (χ0) is 13.4. The van der Waals surface area contributed by atoms with Gasteiger partial charge in [-0.2, -0.15) is 4.98 Å². The van der Waals surface area contributed by atoms with E-state index in [1.54, 1.807) is 29.1 Å². The highest BCUT2D eigenvalue weighted by Gasteiger charge is 2.14. The number of aryl methyl sites for hydroxylation is 1. The number of aromatic hydroxyl groups is 1. The predicted molar refractivity (Wildman–Crippen MR) is 68.0 cm³/mol. The molecule has 0 saturated carbocycles. The molecule has 2 aromatic heterocycles. The molecule has 96 valence electrons. The van der Waals surface area contributed by atoms with E-state index in [-0.39, 0.29) is 11.4 Å². The second kappa shape index (κ2) is 4.13. The molecule has 0 spiro atoms. The van der Waals surface area contributed by atoms with E-state index in [1.807, 2.05) is 7.05 Å². The van der Waals surface area contributed by atoms with Crippen molar-refractivity contribution in [2.24, 2.45) is 7.05 Å². The van der Waals surface area contributed by atoms with Crippen molar-refractivity contribution in [2.75, 3.05) is 5.73 Å². The van der Waals surface area contributed by atoms with Gasteiger partial charge in [0.25, 0.3) is 5.89 Å². The van der Waals surface area contributed by atoms with E-state index in [2.05, 4.69) is 15.1 Å². The van der Waals surface area contributed by atoms with Crippen LogP contribution in [0.25, 0.3) is 23.1 Å². The molecule has 0 atom stereocenters. The van der Waals surface area contributed by atoms with E-state index < -0.39 is 0 Å². The van der Waals surface area contributed by atoms with Gasteiger partial charge in [0.15, 0.2) is 5.82 Å². The van der Waals surface area contributed by atoms with Crippen LogP contribution in [0.2, 0.25) is 0 Å². The van der Waals surface area contributed by atoms with Crippen LogP contribution in [0.15, 0.2) is 35.1 Å². The highest BCUT2D eigenvalue weighted by molar-refractivity contribution is 5.65. The third-order valence-electron chi connectivity index (χ3n) is 2.72. The average Bonchev–Trinajstić information content (AvgIpc) is 3.01. The van der Waals surface area contributed by atoms with Crippen LogP contribution in [0, 0.1) is 0 Å². The van der Waals surface area contributed by atoms with Gasteiger partial charge < -0.3 is 19.9 Å². The van der Waals surface area contributed by atoms with Gasteiger partial charge in [0, 0.05) is 25.0 Å². The van der Waals surface area contributed by atoms with Crippen molar-refractivity contribution < 1.29 is 9.63 Å². The van der Waals surface area contributed by atoms with Crippen LogP contribution in [0.3, 0.4) is 0 Å². The van der Waals surface area contributed by atoms with Gasteiger partial charge in [-0.05, 0) is 18.2 Å². The number of nitrogen functional groups attached to an aromatic ring is 1. The summed E-state index contributed by atoms with van der Waals surface area (Å²) in [4.78, 5) is 8.39. The van der Waals surface area contributed by atoms with Crippen LogP contribution in [-0.4, -0.2) is 24.8 Å². The SMILES string of the molecule is Cn1ccnc1-c1noc(-c2ccc(O)c(N)c2)n1. The van der Waals surface area contributed by atoms with E-state index in [9.17, 15) is 5.11 Å². The molecule has 0 aliphatic rings. The highest BCUT2D eigenvalue weighted by Crippen LogP contribution is 2.27. The molecule has 0 aliphatic heterocycles.